The predicted octanol–water partition coefficient (Wildman–Crippen LogP) is 2.50. The van der Waals surface area contributed by atoms with Crippen molar-refractivity contribution in [1.29, 1.82) is 0 Å². The zero-order valence-corrected chi connectivity index (χ0v) is 16.7. The zero-order chi connectivity index (χ0) is 18.7. The first-order valence-electron chi connectivity index (χ1n) is 9.65. The van der Waals surface area contributed by atoms with Crippen molar-refractivity contribution in [2.45, 2.75) is 61.9 Å². The van der Waals surface area contributed by atoms with E-state index in [4.69, 9.17) is 0 Å². The van der Waals surface area contributed by atoms with E-state index >= 15 is 0 Å². The van der Waals surface area contributed by atoms with Gasteiger partial charge in [0.05, 0.1) is 11.3 Å². The van der Waals surface area contributed by atoms with Gasteiger partial charge >= 0.3 is 0 Å². The SMILES string of the molecule is CN(C(=O)Cc1ccc(S(C)(=O)=O)cc1)[C@@H]1CCCC[C@H]1N1CCCC1. The maximum Gasteiger partial charge on any atom is 0.227 e. The molecule has 0 aromatic heterocycles. The third-order valence-corrected chi connectivity index (χ3v) is 7.03. The number of rotatable bonds is 5. The minimum atomic E-state index is -3.20. The lowest BCUT2D eigenvalue weighted by molar-refractivity contribution is -0.133. The van der Waals surface area contributed by atoms with Crippen LogP contribution in [0.1, 0.15) is 44.1 Å². The van der Waals surface area contributed by atoms with Crippen LogP contribution in [-0.2, 0) is 21.1 Å². The summed E-state index contributed by atoms with van der Waals surface area (Å²) in [4.78, 5) is 17.7. The van der Waals surface area contributed by atoms with Crippen LogP contribution in [0.5, 0.6) is 0 Å². The zero-order valence-electron chi connectivity index (χ0n) is 15.9. The van der Waals surface area contributed by atoms with Gasteiger partial charge < -0.3 is 4.90 Å². The van der Waals surface area contributed by atoms with Crippen molar-refractivity contribution in [3.8, 4) is 0 Å². The van der Waals surface area contributed by atoms with Gasteiger partial charge in [0.1, 0.15) is 0 Å². The molecule has 1 heterocycles. The molecule has 26 heavy (non-hydrogen) atoms. The number of sulfone groups is 1. The number of hydrogen-bond acceptors (Lipinski definition) is 4. The minimum Gasteiger partial charge on any atom is -0.341 e. The Bertz CT molecular complexity index is 724. The first-order chi connectivity index (χ1) is 12.4. The predicted molar refractivity (Wildman–Crippen MR) is 103 cm³/mol. The second-order valence-electron chi connectivity index (χ2n) is 7.76. The molecule has 2 atom stereocenters. The fourth-order valence-corrected chi connectivity index (χ4v) is 5.01. The standard InChI is InChI=1S/C20H30N2O3S/c1-21(18-7-3-4-8-19(18)22-13-5-6-14-22)20(23)15-16-9-11-17(12-10-16)26(2,24)25/h9-12,18-19H,3-8,13-15H2,1-2H3/t18-,19-/m1/s1. The molecule has 2 aliphatic rings. The van der Waals surface area contributed by atoms with Gasteiger partial charge in [-0.05, 0) is 56.5 Å². The fourth-order valence-electron chi connectivity index (χ4n) is 4.38. The monoisotopic (exact) mass is 378 g/mol. The van der Waals surface area contributed by atoms with Crippen molar-refractivity contribution in [1.82, 2.24) is 9.80 Å². The van der Waals surface area contributed by atoms with Gasteiger partial charge in [0.15, 0.2) is 9.84 Å². The Balaban J connectivity index is 1.66. The number of nitrogens with zero attached hydrogens (tertiary/aromatic N) is 2. The summed E-state index contributed by atoms with van der Waals surface area (Å²) in [7, 11) is -1.26. The molecule has 2 fully saturated rings. The van der Waals surface area contributed by atoms with Crippen molar-refractivity contribution in [3.63, 3.8) is 0 Å². The molecule has 1 aromatic carbocycles. The highest BCUT2D eigenvalue weighted by Crippen LogP contribution is 2.29. The molecule has 1 aliphatic heterocycles. The maximum atomic E-state index is 12.8. The number of hydrogen-bond donors (Lipinski definition) is 0. The summed E-state index contributed by atoms with van der Waals surface area (Å²) in [5, 5.41) is 0. The molecule has 1 aromatic rings. The summed E-state index contributed by atoms with van der Waals surface area (Å²) in [6, 6.07) is 7.47. The summed E-state index contributed by atoms with van der Waals surface area (Å²) < 4.78 is 23.1. The van der Waals surface area contributed by atoms with Crippen LogP contribution >= 0.6 is 0 Å². The summed E-state index contributed by atoms with van der Waals surface area (Å²) >= 11 is 0. The van der Waals surface area contributed by atoms with Gasteiger partial charge in [-0.15, -0.1) is 0 Å². The third kappa shape index (κ3) is 4.46. The number of carbonyl (C=O) groups is 1. The van der Waals surface area contributed by atoms with Gasteiger partial charge in [-0.3, -0.25) is 9.69 Å². The Hall–Kier alpha value is -1.40. The summed E-state index contributed by atoms with van der Waals surface area (Å²) in [5.41, 5.74) is 0.864. The first kappa shape index (κ1) is 19.4. The van der Waals surface area contributed by atoms with E-state index in [-0.39, 0.29) is 5.91 Å². The van der Waals surface area contributed by atoms with Gasteiger partial charge in [0.25, 0.3) is 0 Å². The lowest BCUT2D eigenvalue weighted by Gasteiger charge is -2.42. The molecule has 1 saturated heterocycles. The highest BCUT2D eigenvalue weighted by Gasteiger charge is 2.35. The molecule has 0 bridgehead atoms. The molecule has 0 N–H and O–H groups in total. The van der Waals surface area contributed by atoms with Crippen molar-refractivity contribution in [2.75, 3.05) is 26.4 Å². The van der Waals surface area contributed by atoms with E-state index in [0.717, 1.165) is 25.1 Å². The van der Waals surface area contributed by atoms with Crippen LogP contribution in [0.2, 0.25) is 0 Å². The smallest absolute Gasteiger partial charge is 0.227 e. The number of carbonyl (C=O) groups excluding carboxylic acids is 1. The molecule has 144 valence electrons. The molecule has 5 nitrogen and oxygen atoms in total. The fraction of sp³-hybridized carbons (Fsp3) is 0.650. The van der Waals surface area contributed by atoms with Gasteiger partial charge in [-0.1, -0.05) is 25.0 Å². The lowest BCUT2D eigenvalue weighted by atomic mass is 9.88. The second-order valence-corrected chi connectivity index (χ2v) is 9.78. The highest BCUT2D eigenvalue weighted by atomic mass is 32.2. The van der Waals surface area contributed by atoms with Crippen LogP contribution in [0.4, 0.5) is 0 Å². The average Bonchev–Trinajstić information content (AvgIpc) is 3.15. The van der Waals surface area contributed by atoms with Crippen LogP contribution in [0.25, 0.3) is 0 Å². The summed E-state index contributed by atoms with van der Waals surface area (Å²) in [6.07, 6.45) is 8.78. The largest absolute Gasteiger partial charge is 0.341 e. The summed E-state index contributed by atoms with van der Waals surface area (Å²) in [5.74, 6) is 0.119. The molecule has 6 heteroatoms. The molecule has 0 radical (unpaired) electrons. The Labute approximate surface area is 157 Å². The van der Waals surface area contributed by atoms with E-state index in [1.807, 2.05) is 11.9 Å². The van der Waals surface area contributed by atoms with Crippen LogP contribution < -0.4 is 0 Å². The molecule has 1 amide bonds. The topological polar surface area (TPSA) is 57.7 Å². The molecule has 0 unspecified atom stereocenters. The van der Waals surface area contributed by atoms with E-state index in [0.29, 0.717) is 23.4 Å². The van der Waals surface area contributed by atoms with Crippen molar-refractivity contribution < 1.29 is 13.2 Å². The molecular formula is C20H30N2O3S. The quantitative estimate of drug-likeness (QED) is 0.790. The Kier molecular flexibility index (Phi) is 6.03. The molecule has 0 spiro atoms. The average molecular weight is 379 g/mol. The van der Waals surface area contributed by atoms with Gasteiger partial charge in [0.2, 0.25) is 5.91 Å². The Morgan fingerprint density at radius 3 is 2.31 bits per heavy atom. The lowest BCUT2D eigenvalue weighted by Crippen LogP contribution is -2.53. The Morgan fingerprint density at radius 2 is 1.69 bits per heavy atom. The van der Waals surface area contributed by atoms with E-state index in [1.165, 1.54) is 38.4 Å². The molecular weight excluding hydrogens is 348 g/mol. The van der Waals surface area contributed by atoms with Crippen LogP contribution in [0.3, 0.4) is 0 Å². The van der Waals surface area contributed by atoms with Crippen molar-refractivity contribution >= 4 is 15.7 Å². The normalized spacial score (nSPS) is 24.5. The van der Waals surface area contributed by atoms with Gasteiger partial charge in [-0.25, -0.2) is 8.42 Å². The minimum absolute atomic E-state index is 0.119. The third-order valence-electron chi connectivity index (χ3n) is 5.90. The number of amides is 1. The van der Waals surface area contributed by atoms with Crippen LogP contribution in [0.15, 0.2) is 29.2 Å². The van der Waals surface area contributed by atoms with Gasteiger partial charge in [-0.2, -0.15) is 0 Å². The maximum absolute atomic E-state index is 12.8. The summed E-state index contributed by atoms with van der Waals surface area (Å²) in [6.45, 7) is 2.33. The van der Waals surface area contributed by atoms with E-state index in [9.17, 15) is 13.2 Å². The highest BCUT2D eigenvalue weighted by molar-refractivity contribution is 7.90. The molecule has 1 saturated carbocycles. The first-order valence-corrected chi connectivity index (χ1v) is 11.5. The van der Waals surface area contributed by atoms with Crippen molar-refractivity contribution in [2.24, 2.45) is 0 Å². The van der Waals surface area contributed by atoms with Crippen LogP contribution in [-0.4, -0.2) is 62.6 Å². The van der Waals surface area contributed by atoms with Crippen LogP contribution in [0, 0.1) is 0 Å². The number of likely N-dealkylation sites (N-methyl/N-ethyl adjacent to an activating group) is 1. The number of benzene rings is 1. The molecule has 1 aliphatic carbocycles. The van der Waals surface area contributed by atoms with E-state index in [2.05, 4.69) is 4.90 Å². The molecule has 3 rings (SSSR count). The van der Waals surface area contributed by atoms with Crippen molar-refractivity contribution in [3.05, 3.63) is 29.8 Å². The Morgan fingerprint density at radius 1 is 1.08 bits per heavy atom. The van der Waals surface area contributed by atoms with E-state index in [1.54, 1.807) is 24.3 Å². The van der Waals surface area contributed by atoms with E-state index < -0.39 is 9.84 Å². The second kappa shape index (κ2) is 8.09. The van der Waals surface area contributed by atoms with Gasteiger partial charge in [0, 0.05) is 25.4 Å². The number of likely N-dealkylation sites (tertiary alicyclic amines) is 1.